The number of rotatable bonds is 9. The Morgan fingerprint density at radius 3 is 2.60 bits per heavy atom. The van der Waals surface area contributed by atoms with E-state index >= 15 is 0 Å². The van der Waals surface area contributed by atoms with Gasteiger partial charge in [0.15, 0.2) is 0 Å². The topological polar surface area (TPSA) is 84.0 Å². The highest BCUT2D eigenvalue weighted by molar-refractivity contribution is 7.18. The van der Waals surface area contributed by atoms with E-state index in [2.05, 4.69) is 20.8 Å². The average Bonchev–Trinajstić information content (AvgIpc) is 3.21. The zero-order valence-electron chi connectivity index (χ0n) is 17.2. The van der Waals surface area contributed by atoms with E-state index in [4.69, 9.17) is 0 Å². The molecule has 3 aromatic rings. The zero-order chi connectivity index (χ0) is 21.3. The van der Waals surface area contributed by atoms with Gasteiger partial charge >= 0.3 is 0 Å². The van der Waals surface area contributed by atoms with Crippen molar-refractivity contribution in [3.8, 4) is 10.6 Å². The molecule has 2 amide bonds. The van der Waals surface area contributed by atoms with E-state index in [-0.39, 0.29) is 11.8 Å². The maximum Gasteiger partial charge on any atom is 0.249 e. The number of unbranched alkanes of at least 4 members (excludes halogenated alkanes) is 1. The number of nitrogens with one attached hydrogen (secondary N) is 2. The second kappa shape index (κ2) is 10.6. The number of aryl methyl sites for hydroxylation is 1. The van der Waals surface area contributed by atoms with Crippen molar-refractivity contribution >= 4 is 28.3 Å². The summed E-state index contributed by atoms with van der Waals surface area (Å²) in [6.07, 6.45) is 2.54. The van der Waals surface area contributed by atoms with Crippen molar-refractivity contribution in [1.82, 2.24) is 15.5 Å². The lowest BCUT2D eigenvalue weighted by molar-refractivity contribution is -0.126. The van der Waals surface area contributed by atoms with Gasteiger partial charge in [-0.05, 0) is 25.0 Å². The minimum absolute atomic E-state index is 0.120. The predicted octanol–water partition coefficient (Wildman–Crippen LogP) is 4.37. The molecule has 0 aliphatic rings. The van der Waals surface area contributed by atoms with Gasteiger partial charge < -0.3 is 5.32 Å². The van der Waals surface area contributed by atoms with Gasteiger partial charge in [-0.1, -0.05) is 78.8 Å². The number of carbonyl (C=O) groups is 2. The summed E-state index contributed by atoms with van der Waals surface area (Å²) in [7, 11) is 0. The van der Waals surface area contributed by atoms with Gasteiger partial charge in [-0.25, -0.2) is 0 Å². The highest BCUT2D eigenvalue weighted by atomic mass is 32.1. The number of nitrogens with zero attached hydrogens (tertiary/aromatic N) is 2. The molecule has 0 radical (unpaired) electrons. The fraction of sp³-hybridized carbons (Fsp3) is 0.304. The molecule has 0 spiro atoms. The number of anilines is 1. The Labute approximate surface area is 180 Å². The first-order valence-corrected chi connectivity index (χ1v) is 10.9. The van der Waals surface area contributed by atoms with Gasteiger partial charge in [0, 0.05) is 18.4 Å². The molecule has 0 aliphatic carbocycles. The van der Waals surface area contributed by atoms with Crippen molar-refractivity contribution in [2.75, 3.05) is 5.32 Å². The Bertz CT molecular complexity index is 988. The maximum atomic E-state index is 12.9. The highest BCUT2D eigenvalue weighted by Gasteiger charge is 2.22. The van der Waals surface area contributed by atoms with Gasteiger partial charge in [0.2, 0.25) is 16.9 Å². The number of hydrogen-bond acceptors (Lipinski definition) is 5. The van der Waals surface area contributed by atoms with E-state index in [0.717, 1.165) is 34.5 Å². The van der Waals surface area contributed by atoms with Crippen LogP contribution in [0.2, 0.25) is 0 Å². The maximum absolute atomic E-state index is 12.9. The number of aromatic nitrogens is 2. The summed E-state index contributed by atoms with van der Waals surface area (Å²) < 4.78 is 0. The molecule has 1 atom stereocenters. The van der Waals surface area contributed by atoms with Crippen molar-refractivity contribution in [2.45, 2.75) is 45.6 Å². The van der Waals surface area contributed by atoms with Crippen molar-refractivity contribution in [3.63, 3.8) is 0 Å². The summed E-state index contributed by atoms with van der Waals surface area (Å²) in [5.74, 6) is -0.415. The molecule has 30 heavy (non-hydrogen) atoms. The predicted molar refractivity (Wildman–Crippen MR) is 120 cm³/mol. The molecule has 0 unspecified atom stereocenters. The first kappa shape index (κ1) is 21.6. The molecule has 1 aromatic heterocycles. The van der Waals surface area contributed by atoms with Crippen molar-refractivity contribution in [2.24, 2.45) is 0 Å². The quantitative estimate of drug-likeness (QED) is 0.536. The van der Waals surface area contributed by atoms with Crippen LogP contribution >= 0.6 is 11.3 Å². The SMILES string of the molecule is CCCCC(=O)N[C@@H](Cc1ccccc1)C(=O)Nc1nnc(-c2cccc(C)c2)s1. The lowest BCUT2D eigenvalue weighted by Crippen LogP contribution is -2.45. The number of benzene rings is 2. The summed E-state index contributed by atoms with van der Waals surface area (Å²) in [6.45, 7) is 4.05. The van der Waals surface area contributed by atoms with Crippen LogP contribution in [0.25, 0.3) is 10.6 Å². The molecule has 0 bridgehead atoms. The normalized spacial score (nSPS) is 11.7. The fourth-order valence-corrected chi connectivity index (χ4v) is 3.77. The number of hydrogen-bond donors (Lipinski definition) is 2. The zero-order valence-corrected chi connectivity index (χ0v) is 18.0. The molecule has 3 rings (SSSR count). The number of amides is 2. The largest absolute Gasteiger partial charge is 0.344 e. The van der Waals surface area contributed by atoms with E-state index in [1.54, 1.807) is 0 Å². The lowest BCUT2D eigenvalue weighted by atomic mass is 10.0. The average molecular weight is 423 g/mol. The minimum Gasteiger partial charge on any atom is -0.344 e. The Morgan fingerprint density at radius 2 is 1.87 bits per heavy atom. The van der Waals surface area contributed by atoms with Gasteiger partial charge in [-0.3, -0.25) is 14.9 Å². The smallest absolute Gasteiger partial charge is 0.249 e. The molecule has 1 heterocycles. The molecule has 0 aliphatic heterocycles. The van der Waals surface area contributed by atoms with Gasteiger partial charge in [-0.2, -0.15) is 0 Å². The third kappa shape index (κ3) is 6.22. The Kier molecular flexibility index (Phi) is 7.68. The van der Waals surface area contributed by atoms with Crippen LogP contribution in [0.3, 0.4) is 0 Å². The summed E-state index contributed by atoms with van der Waals surface area (Å²) >= 11 is 1.31. The molecule has 7 heteroatoms. The monoisotopic (exact) mass is 422 g/mol. The van der Waals surface area contributed by atoms with Crippen LogP contribution in [0.4, 0.5) is 5.13 Å². The number of carbonyl (C=O) groups excluding carboxylic acids is 2. The molecule has 0 fully saturated rings. The fourth-order valence-electron chi connectivity index (χ4n) is 3.02. The van der Waals surface area contributed by atoms with E-state index < -0.39 is 6.04 Å². The van der Waals surface area contributed by atoms with E-state index in [1.165, 1.54) is 11.3 Å². The summed E-state index contributed by atoms with van der Waals surface area (Å²) in [4.78, 5) is 25.2. The van der Waals surface area contributed by atoms with E-state index in [0.29, 0.717) is 18.0 Å². The Balaban J connectivity index is 1.71. The Morgan fingerprint density at radius 1 is 1.07 bits per heavy atom. The van der Waals surface area contributed by atoms with Gasteiger partial charge in [0.1, 0.15) is 11.0 Å². The van der Waals surface area contributed by atoms with E-state index in [9.17, 15) is 9.59 Å². The first-order valence-electron chi connectivity index (χ1n) is 10.1. The third-order valence-corrected chi connectivity index (χ3v) is 5.50. The van der Waals surface area contributed by atoms with Gasteiger partial charge in [0.05, 0.1) is 0 Å². The van der Waals surface area contributed by atoms with Crippen LogP contribution in [0.15, 0.2) is 54.6 Å². The van der Waals surface area contributed by atoms with Crippen molar-refractivity contribution in [1.29, 1.82) is 0 Å². The molecule has 2 aromatic carbocycles. The second-order valence-electron chi connectivity index (χ2n) is 7.18. The molecule has 156 valence electrons. The first-order chi connectivity index (χ1) is 14.5. The molecule has 0 saturated carbocycles. The van der Waals surface area contributed by atoms with Crippen molar-refractivity contribution in [3.05, 3.63) is 65.7 Å². The molecule has 2 N–H and O–H groups in total. The second-order valence-corrected chi connectivity index (χ2v) is 8.16. The molecule has 6 nitrogen and oxygen atoms in total. The lowest BCUT2D eigenvalue weighted by Gasteiger charge is -2.18. The minimum atomic E-state index is -0.678. The van der Waals surface area contributed by atoms with Crippen molar-refractivity contribution < 1.29 is 9.59 Å². The van der Waals surface area contributed by atoms with Crippen LogP contribution < -0.4 is 10.6 Å². The van der Waals surface area contributed by atoms with Gasteiger partial charge in [0.25, 0.3) is 0 Å². The van der Waals surface area contributed by atoms with Crippen LogP contribution in [0.1, 0.15) is 37.3 Å². The Hall–Kier alpha value is -3.06. The van der Waals surface area contributed by atoms with E-state index in [1.807, 2.05) is 68.4 Å². The van der Waals surface area contributed by atoms with Crippen LogP contribution in [-0.2, 0) is 16.0 Å². The van der Waals surface area contributed by atoms with Crippen LogP contribution in [0.5, 0.6) is 0 Å². The molecular weight excluding hydrogens is 396 g/mol. The van der Waals surface area contributed by atoms with Gasteiger partial charge in [-0.15, -0.1) is 10.2 Å². The van der Waals surface area contributed by atoms with Crippen LogP contribution in [-0.4, -0.2) is 28.1 Å². The summed E-state index contributed by atoms with van der Waals surface area (Å²) in [6, 6.07) is 16.9. The van der Waals surface area contributed by atoms with Crippen LogP contribution in [0, 0.1) is 6.92 Å². The molecule has 0 saturated heterocycles. The standard InChI is InChI=1S/C23H26N4O2S/c1-3-4-13-20(28)24-19(15-17-10-6-5-7-11-17)21(29)25-23-27-26-22(30-23)18-12-8-9-16(2)14-18/h5-12,14,19H,3-4,13,15H2,1-2H3,(H,24,28)(H,25,27,29)/t19-/m0/s1. The summed E-state index contributed by atoms with van der Waals surface area (Å²) in [5, 5.41) is 15.1. The third-order valence-electron chi connectivity index (χ3n) is 4.61. The molecular formula is C23H26N4O2S. The highest BCUT2D eigenvalue weighted by Crippen LogP contribution is 2.27. The summed E-state index contributed by atoms with van der Waals surface area (Å²) in [5.41, 5.74) is 3.07.